The van der Waals surface area contributed by atoms with Crippen LogP contribution in [0.3, 0.4) is 0 Å². The zero-order chi connectivity index (χ0) is 21.0. The smallest absolute Gasteiger partial charge is 0.180 e. The SMILES string of the molecule is COc1cc(CNc2ccc(Cl)cc2Cl)cc(Cl)c1OCc1c(Cl)cccc1Cl. The Hall–Kier alpha value is -1.49. The van der Waals surface area contributed by atoms with Gasteiger partial charge in [-0.2, -0.15) is 0 Å². The lowest BCUT2D eigenvalue weighted by molar-refractivity contribution is 0.284. The van der Waals surface area contributed by atoms with Crippen LogP contribution in [0.25, 0.3) is 0 Å². The van der Waals surface area contributed by atoms with Crippen LogP contribution in [0.2, 0.25) is 25.1 Å². The first-order valence-corrected chi connectivity index (χ1v) is 10.4. The molecule has 0 radical (unpaired) electrons. The van der Waals surface area contributed by atoms with Crippen molar-refractivity contribution in [2.24, 2.45) is 0 Å². The Bertz CT molecular complexity index is 1010. The molecular formula is C21H16Cl5NO2. The Balaban J connectivity index is 1.76. The van der Waals surface area contributed by atoms with Gasteiger partial charge in [0.2, 0.25) is 0 Å². The van der Waals surface area contributed by atoms with E-state index in [2.05, 4.69) is 5.32 Å². The molecule has 29 heavy (non-hydrogen) atoms. The van der Waals surface area contributed by atoms with Crippen molar-refractivity contribution in [3.63, 3.8) is 0 Å². The van der Waals surface area contributed by atoms with Gasteiger partial charge >= 0.3 is 0 Å². The molecule has 0 bridgehead atoms. The summed E-state index contributed by atoms with van der Waals surface area (Å²) in [7, 11) is 1.55. The lowest BCUT2D eigenvalue weighted by Gasteiger charge is -2.16. The van der Waals surface area contributed by atoms with E-state index in [9.17, 15) is 0 Å². The highest BCUT2D eigenvalue weighted by Gasteiger charge is 2.14. The zero-order valence-corrected chi connectivity index (χ0v) is 19.0. The lowest BCUT2D eigenvalue weighted by atomic mass is 10.2. The van der Waals surface area contributed by atoms with Gasteiger partial charge in [0, 0.05) is 27.2 Å². The highest BCUT2D eigenvalue weighted by molar-refractivity contribution is 6.36. The molecule has 152 valence electrons. The van der Waals surface area contributed by atoms with Gasteiger partial charge in [-0.15, -0.1) is 0 Å². The summed E-state index contributed by atoms with van der Waals surface area (Å²) in [5.74, 6) is 0.915. The van der Waals surface area contributed by atoms with Crippen LogP contribution in [0.1, 0.15) is 11.1 Å². The van der Waals surface area contributed by atoms with Crippen LogP contribution in [0.4, 0.5) is 5.69 Å². The molecule has 3 aromatic carbocycles. The van der Waals surface area contributed by atoms with Crippen molar-refractivity contribution < 1.29 is 9.47 Å². The van der Waals surface area contributed by atoms with E-state index in [-0.39, 0.29) is 6.61 Å². The molecule has 0 saturated heterocycles. The van der Waals surface area contributed by atoms with Crippen LogP contribution in [-0.2, 0) is 13.2 Å². The van der Waals surface area contributed by atoms with Crippen LogP contribution in [0.5, 0.6) is 11.5 Å². The summed E-state index contributed by atoms with van der Waals surface area (Å²) in [6.07, 6.45) is 0. The number of ether oxygens (including phenoxy) is 2. The molecule has 0 aliphatic heterocycles. The molecule has 0 aromatic heterocycles. The second kappa shape index (κ2) is 10.0. The number of benzene rings is 3. The highest BCUT2D eigenvalue weighted by atomic mass is 35.5. The third-order valence-electron chi connectivity index (χ3n) is 4.13. The molecule has 8 heteroatoms. The fourth-order valence-corrected chi connectivity index (χ4v) is 3.93. The topological polar surface area (TPSA) is 30.5 Å². The van der Waals surface area contributed by atoms with E-state index in [0.717, 1.165) is 11.3 Å². The van der Waals surface area contributed by atoms with E-state index < -0.39 is 0 Å². The minimum absolute atomic E-state index is 0.159. The van der Waals surface area contributed by atoms with E-state index >= 15 is 0 Å². The Morgan fingerprint density at radius 3 is 2.21 bits per heavy atom. The Morgan fingerprint density at radius 1 is 0.828 bits per heavy atom. The summed E-state index contributed by atoms with van der Waals surface area (Å²) in [6, 6.07) is 14.2. The maximum absolute atomic E-state index is 6.45. The molecule has 0 saturated carbocycles. The molecule has 0 spiro atoms. The van der Waals surface area contributed by atoms with Gasteiger partial charge < -0.3 is 14.8 Å². The van der Waals surface area contributed by atoms with Gasteiger partial charge in [-0.05, 0) is 48.0 Å². The predicted molar refractivity (Wildman–Crippen MR) is 123 cm³/mol. The predicted octanol–water partition coefficient (Wildman–Crippen LogP) is 8.15. The van der Waals surface area contributed by atoms with Crippen LogP contribution < -0.4 is 14.8 Å². The second-order valence-electron chi connectivity index (χ2n) is 6.08. The summed E-state index contributed by atoms with van der Waals surface area (Å²) >= 11 is 31.0. The van der Waals surface area contributed by atoms with Crippen molar-refractivity contribution in [3.8, 4) is 11.5 Å². The zero-order valence-electron chi connectivity index (χ0n) is 15.2. The van der Waals surface area contributed by atoms with Gasteiger partial charge in [0.1, 0.15) is 6.61 Å². The van der Waals surface area contributed by atoms with Gasteiger partial charge in [-0.1, -0.05) is 64.1 Å². The Labute approximate surface area is 194 Å². The third kappa shape index (κ3) is 5.56. The molecule has 0 amide bonds. The van der Waals surface area contributed by atoms with Crippen molar-refractivity contribution >= 4 is 63.7 Å². The van der Waals surface area contributed by atoms with Gasteiger partial charge in [0.25, 0.3) is 0 Å². The first-order valence-electron chi connectivity index (χ1n) is 8.50. The van der Waals surface area contributed by atoms with Crippen LogP contribution in [-0.4, -0.2) is 7.11 Å². The number of rotatable bonds is 7. The first kappa shape index (κ1) is 22.2. The van der Waals surface area contributed by atoms with Crippen molar-refractivity contribution in [3.05, 3.63) is 84.8 Å². The first-order chi connectivity index (χ1) is 13.9. The molecule has 3 rings (SSSR count). The average molecular weight is 492 g/mol. The number of anilines is 1. The summed E-state index contributed by atoms with van der Waals surface area (Å²) < 4.78 is 11.3. The maximum Gasteiger partial charge on any atom is 0.180 e. The van der Waals surface area contributed by atoms with Crippen molar-refractivity contribution in [1.29, 1.82) is 0 Å². The average Bonchev–Trinajstić information content (AvgIpc) is 2.67. The largest absolute Gasteiger partial charge is 0.493 e. The summed E-state index contributed by atoms with van der Waals surface area (Å²) in [5, 5.41) is 5.81. The normalized spacial score (nSPS) is 10.7. The standard InChI is InChI=1S/C21H16Cl5NO2/c1-28-20-8-12(10-27-19-6-5-13(22)9-17(19)25)7-18(26)21(20)29-11-14-15(23)3-2-4-16(14)24/h2-9,27H,10-11H2,1H3. The second-order valence-corrected chi connectivity index (χ2v) is 8.14. The molecule has 0 aliphatic rings. The number of methoxy groups -OCH3 is 1. The lowest BCUT2D eigenvalue weighted by Crippen LogP contribution is -2.03. The molecule has 0 heterocycles. The van der Waals surface area contributed by atoms with Gasteiger partial charge in [0.05, 0.1) is 22.8 Å². The van der Waals surface area contributed by atoms with Gasteiger partial charge in [-0.25, -0.2) is 0 Å². The van der Waals surface area contributed by atoms with E-state index in [1.54, 1.807) is 43.5 Å². The monoisotopic (exact) mass is 489 g/mol. The molecule has 3 nitrogen and oxygen atoms in total. The Morgan fingerprint density at radius 2 is 1.55 bits per heavy atom. The van der Waals surface area contributed by atoms with E-state index in [1.165, 1.54) is 0 Å². The fourth-order valence-electron chi connectivity index (χ4n) is 2.66. The summed E-state index contributed by atoms with van der Waals surface area (Å²) in [6.45, 7) is 0.640. The summed E-state index contributed by atoms with van der Waals surface area (Å²) in [4.78, 5) is 0. The molecule has 0 atom stereocenters. The van der Waals surface area contributed by atoms with E-state index in [0.29, 0.717) is 48.7 Å². The molecular weight excluding hydrogens is 476 g/mol. The van der Waals surface area contributed by atoms with Crippen LogP contribution in [0.15, 0.2) is 48.5 Å². The molecule has 1 N–H and O–H groups in total. The number of nitrogens with one attached hydrogen (secondary N) is 1. The van der Waals surface area contributed by atoms with Gasteiger partial charge in [-0.3, -0.25) is 0 Å². The summed E-state index contributed by atoms with van der Waals surface area (Å²) in [5.41, 5.74) is 2.33. The minimum atomic E-state index is 0.159. The van der Waals surface area contributed by atoms with Crippen molar-refractivity contribution in [1.82, 2.24) is 0 Å². The van der Waals surface area contributed by atoms with Crippen LogP contribution >= 0.6 is 58.0 Å². The fraction of sp³-hybridized carbons (Fsp3) is 0.143. The van der Waals surface area contributed by atoms with Gasteiger partial charge in [0.15, 0.2) is 11.5 Å². The molecule has 3 aromatic rings. The maximum atomic E-state index is 6.45. The van der Waals surface area contributed by atoms with E-state index in [4.69, 9.17) is 67.5 Å². The third-order valence-corrected chi connectivity index (χ3v) is 5.66. The highest BCUT2D eigenvalue weighted by Crippen LogP contribution is 2.38. The minimum Gasteiger partial charge on any atom is -0.493 e. The quantitative estimate of drug-likeness (QED) is 0.362. The Kier molecular flexibility index (Phi) is 7.66. The van der Waals surface area contributed by atoms with Crippen molar-refractivity contribution in [2.45, 2.75) is 13.2 Å². The number of hydrogen-bond donors (Lipinski definition) is 1. The number of hydrogen-bond acceptors (Lipinski definition) is 3. The number of halogens is 5. The molecule has 0 unspecified atom stereocenters. The van der Waals surface area contributed by atoms with Crippen LogP contribution in [0, 0.1) is 0 Å². The van der Waals surface area contributed by atoms with E-state index in [1.807, 2.05) is 12.1 Å². The molecule has 0 aliphatic carbocycles. The van der Waals surface area contributed by atoms with Crippen molar-refractivity contribution in [2.75, 3.05) is 12.4 Å². The molecule has 0 fully saturated rings.